The molecule has 2 aromatic heterocycles. The van der Waals surface area contributed by atoms with Crippen molar-refractivity contribution in [3.63, 3.8) is 0 Å². The van der Waals surface area contributed by atoms with Gasteiger partial charge in [0.15, 0.2) is 0 Å². The van der Waals surface area contributed by atoms with Crippen molar-refractivity contribution < 1.29 is 0 Å². The predicted octanol–water partition coefficient (Wildman–Crippen LogP) is 3.93. The number of hydrogen-bond donors (Lipinski definition) is 1. The van der Waals surface area contributed by atoms with Gasteiger partial charge in [-0.2, -0.15) is 0 Å². The zero-order valence-electron chi connectivity index (χ0n) is 14.8. The second kappa shape index (κ2) is 9.28. The van der Waals surface area contributed by atoms with Gasteiger partial charge in [-0.3, -0.25) is 14.9 Å². The SMILES string of the molecule is Cc1cc(CN2CCNCC2c2cccnc2)c2ccccc2n1.Cl.Cl. The zero-order valence-corrected chi connectivity index (χ0v) is 16.4. The molecule has 0 saturated carbocycles. The summed E-state index contributed by atoms with van der Waals surface area (Å²) in [5.41, 5.74) is 4.80. The van der Waals surface area contributed by atoms with Crippen LogP contribution in [0.25, 0.3) is 10.9 Å². The zero-order chi connectivity index (χ0) is 16.4. The highest BCUT2D eigenvalue weighted by Gasteiger charge is 2.24. The van der Waals surface area contributed by atoms with Crippen LogP contribution in [-0.4, -0.2) is 34.5 Å². The molecule has 138 valence electrons. The van der Waals surface area contributed by atoms with Crippen molar-refractivity contribution in [3.05, 3.63) is 71.7 Å². The summed E-state index contributed by atoms with van der Waals surface area (Å²) in [6, 6.07) is 15.2. The first-order valence-corrected chi connectivity index (χ1v) is 8.51. The normalized spacial score (nSPS) is 17.3. The molecule has 3 aromatic rings. The summed E-state index contributed by atoms with van der Waals surface area (Å²) in [6.07, 6.45) is 3.82. The Bertz CT molecular complexity index is 842. The summed E-state index contributed by atoms with van der Waals surface area (Å²) in [5.74, 6) is 0. The number of benzene rings is 1. The van der Waals surface area contributed by atoms with Gasteiger partial charge in [0.2, 0.25) is 0 Å². The van der Waals surface area contributed by atoms with Crippen molar-refractivity contribution in [2.45, 2.75) is 19.5 Å². The van der Waals surface area contributed by atoms with E-state index in [1.54, 1.807) is 0 Å². The predicted molar refractivity (Wildman–Crippen MR) is 111 cm³/mol. The lowest BCUT2D eigenvalue weighted by Gasteiger charge is -2.36. The molecule has 1 atom stereocenters. The molecule has 0 aliphatic carbocycles. The van der Waals surface area contributed by atoms with E-state index in [1.165, 1.54) is 16.5 Å². The number of rotatable bonds is 3. The molecule has 1 saturated heterocycles. The van der Waals surface area contributed by atoms with Gasteiger partial charge in [-0.25, -0.2) is 0 Å². The molecule has 0 radical (unpaired) electrons. The first-order valence-electron chi connectivity index (χ1n) is 8.51. The van der Waals surface area contributed by atoms with Crippen LogP contribution in [0.15, 0.2) is 54.9 Å². The highest BCUT2D eigenvalue weighted by atomic mass is 35.5. The Hall–Kier alpha value is -1.72. The maximum atomic E-state index is 4.67. The van der Waals surface area contributed by atoms with E-state index in [4.69, 9.17) is 0 Å². The number of piperazine rings is 1. The third kappa shape index (κ3) is 4.33. The van der Waals surface area contributed by atoms with Gasteiger partial charge in [-0.15, -0.1) is 24.8 Å². The van der Waals surface area contributed by atoms with Crippen LogP contribution >= 0.6 is 24.8 Å². The van der Waals surface area contributed by atoms with Gasteiger partial charge in [-0.05, 0) is 36.2 Å². The fourth-order valence-corrected chi connectivity index (χ4v) is 3.58. The fraction of sp³-hybridized carbons (Fsp3) is 0.300. The Kier molecular flexibility index (Phi) is 7.35. The van der Waals surface area contributed by atoms with Gasteiger partial charge in [-0.1, -0.05) is 24.3 Å². The largest absolute Gasteiger partial charge is 0.314 e. The van der Waals surface area contributed by atoms with E-state index < -0.39 is 0 Å². The van der Waals surface area contributed by atoms with Crippen LogP contribution in [0.1, 0.15) is 22.9 Å². The third-order valence-corrected chi connectivity index (χ3v) is 4.73. The topological polar surface area (TPSA) is 41.0 Å². The van der Waals surface area contributed by atoms with Crippen molar-refractivity contribution >= 4 is 35.7 Å². The molecule has 1 N–H and O–H groups in total. The van der Waals surface area contributed by atoms with Crippen molar-refractivity contribution in [1.29, 1.82) is 0 Å². The summed E-state index contributed by atoms with van der Waals surface area (Å²) in [4.78, 5) is 11.5. The standard InChI is InChI=1S/C20H22N4.2ClH/c1-15-11-17(18-6-2-3-7-19(18)23-15)14-24-10-9-22-13-20(24)16-5-4-8-21-12-16;;/h2-8,11-12,20,22H,9-10,13-14H2,1H3;2*1H. The van der Waals surface area contributed by atoms with E-state index >= 15 is 0 Å². The number of aromatic nitrogens is 2. The molecule has 1 fully saturated rings. The number of pyridine rings is 2. The molecular formula is C20H24Cl2N4. The molecule has 0 spiro atoms. The number of aryl methyl sites for hydroxylation is 1. The second-order valence-electron chi connectivity index (χ2n) is 6.42. The Morgan fingerprint density at radius 1 is 1.15 bits per heavy atom. The highest BCUT2D eigenvalue weighted by molar-refractivity contribution is 5.85. The summed E-state index contributed by atoms with van der Waals surface area (Å²) in [7, 11) is 0. The van der Waals surface area contributed by atoms with E-state index in [1.807, 2.05) is 18.5 Å². The Labute approximate surface area is 166 Å². The first kappa shape index (κ1) is 20.6. The number of fused-ring (bicyclic) bond motifs is 1. The van der Waals surface area contributed by atoms with Gasteiger partial charge in [0, 0.05) is 55.7 Å². The number of nitrogens with zero attached hydrogens (tertiary/aromatic N) is 3. The third-order valence-electron chi connectivity index (χ3n) is 4.73. The van der Waals surface area contributed by atoms with Crippen LogP contribution < -0.4 is 5.32 Å². The maximum absolute atomic E-state index is 4.67. The molecule has 26 heavy (non-hydrogen) atoms. The molecule has 1 aliphatic heterocycles. The van der Waals surface area contributed by atoms with Crippen LogP contribution in [0.2, 0.25) is 0 Å². The van der Waals surface area contributed by atoms with E-state index in [2.05, 4.69) is 63.5 Å². The fourth-order valence-electron chi connectivity index (χ4n) is 3.58. The number of para-hydroxylation sites is 1. The Balaban J connectivity index is 0.00000121. The van der Waals surface area contributed by atoms with Crippen molar-refractivity contribution in [1.82, 2.24) is 20.2 Å². The lowest BCUT2D eigenvalue weighted by molar-refractivity contribution is 0.154. The highest BCUT2D eigenvalue weighted by Crippen LogP contribution is 2.26. The summed E-state index contributed by atoms with van der Waals surface area (Å²) >= 11 is 0. The lowest BCUT2D eigenvalue weighted by atomic mass is 10.0. The molecular weight excluding hydrogens is 367 g/mol. The Morgan fingerprint density at radius 2 is 2.00 bits per heavy atom. The van der Waals surface area contributed by atoms with Crippen molar-refractivity contribution in [2.24, 2.45) is 0 Å². The molecule has 0 bridgehead atoms. The molecule has 1 unspecified atom stereocenters. The molecule has 4 nitrogen and oxygen atoms in total. The quantitative estimate of drug-likeness (QED) is 0.735. The molecule has 1 aromatic carbocycles. The average Bonchev–Trinajstić information content (AvgIpc) is 2.63. The van der Waals surface area contributed by atoms with Crippen LogP contribution in [-0.2, 0) is 6.54 Å². The van der Waals surface area contributed by atoms with Crippen LogP contribution in [0, 0.1) is 6.92 Å². The summed E-state index contributed by atoms with van der Waals surface area (Å²) in [5, 5.41) is 4.77. The van der Waals surface area contributed by atoms with E-state index in [0.29, 0.717) is 6.04 Å². The monoisotopic (exact) mass is 390 g/mol. The van der Waals surface area contributed by atoms with Crippen LogP contribution in [0.3, 0.4) is 0 Å². The number of nitrogens with one attached hydrogen (secondary N) is 1. The van der Waals surface area contributed by atoms with Gasteiger partial charge < -0.3 is 5.32 Å². The number of hydrogen-bond acceptors (Lipinski definition) is 4. The maximum Gasteiger partial charge on any atom is 0.0708 e. The minimum atomic E-state index is 0. The van der Waals surface area contributed by atoms with Gasteiger partial charge in [0.25, 0.3) is 0 Å². The van der Waals surface area contributed by atoms with Gasteiger partial charge in [0.1, 0.15) is 0 Å². The van der Waals surface area contributed by atoms with Crippen molar-refractivity contribution in [2.75, 3.05) is 19.6 Å². The Morgan fingerprint density at radius 3 is 2.81 bits per heavy atom. The molecule has 4 rings (SSSR count). The first-order chi connectivity index (χ1) is 11.8. The molecule has 3 heterocycles. The van der Waals surface area contributed by atoms with E-state index in [9.17, 15) is 0 Å². The minimum absolute atomic E-state index is 0. The lowest BCUT2D eigenvalue weighted by Crippen LogP contribution is -2.45. The van der Waals surface area contributed by atoms with Gasteiger partial charge >= 0.3 is 0 Å². The van der Waals surface area contributed by atoms with E-state index in [0.717, 1.165) is 37.4 Å². The van der Waals surface area contributed by atoms with Gasteiger partial charge in [0.05, 0.1) is 5.52 Å². The van der Waals surface area contributed by atoms with E-state index in [-0.39, 0.29) is 24.8 Å². The second-order valence-corrected chi connectivity index (χ2v) is 6.42. The smallest absolute Gasteiger partial charge is 0.0708 e. The van der Waals surface area contributed by atoms with Crippen LogP contribution in [0.4, 0.5) is 0 Å². The number of halogens is 2. The minimum Gasteiger partial charge on any atom is -0.314 e. The molecule has 6 heteroatoms. The molecule has 1 aliphatic rings. The van der Waals surface area contributed by atoms with Crippen LogP contribution in [0.5, 0.6) is 0 Å². The van der Waals surface area contributed by atoms with Crippen molar-refractivity contribution in [3.8, 4) is 0 Å². The molecule has 0 amide bonds. The summed E-state index contributed by atoms with van der Waals surface area (Å²) in [6.45, 7) is 6.04. The summed E-state index contributed by atoms with van der Waals surface area (Å²) < 4.78 is 0. The average molecular weight is 391 g/mol.